The van der Waals surface area contributed by atoms with Crippen LogP contribution < -0.4 is 15.8 Å². The molecule has 0 unspecified atom stereocenters. The van der Waals surface area contributed by atoms with Gasteiger partial charge in [-0.25, -0.2) is 9.37 Å². The number of benzene rings is 1. The van der Waals surface area contributed by atoms with Gasteiger partial charge in [-0.3, -0.25) is 9.59 Å². The van der Waals surface area contributed by atoms with E-state index in [1.54, 1.807) is 6.07 Å². The second-order valence-electron chi connectivity index (χ2n) is 4.59. The van der Waals surface area contributed by atoms with Crippen LogP contribution in [0.2, 0.25) is 0 Å². The van der Waals surface area contributed by atoms with Crippen molar-refractivity contribution in [1.29, 1.82) is 0 Å². The highest BCUT2D eigenvalue weighted by Crippen LogP contribution is 2.27. The van der Waals surface area contributed by atoms with Gasteiger partial charge in [-0.1, -0.05) is 0 Å². The summed E-state index contributed by atoms with van der Waals surface area (Å²) < 4.78 is 19.3. The van der Waals surface area contributed by atoms with Crippen molar-refractivity contribution >= 4 is 23.2 Å². The van der Waals surface area contributed by atoms with Crippen molar-refractivity contribution in [1.82, 2.24) is 4.98 Å². The van der Waals surface area contributed by atoms with Crippen molar-refractivity contribution in [2.24, 2.45) is 0 Å². The third-order valence-corrected chi connectivity index (χ3v) is 2.61. The van der Waals surface area contributed by atoms with Gasteiger partial charge in [0, 0.05) is 24.0 Å². The van der Waals surface area contributed by atoms with E-state index in [9.17, 15) is 14.0 Å². The monoisotopic (exact) mass is 303 g/mol. The van der Waals surface area contributed by atoms with Gasteiger partial charge in [0.25, 0.3) is 0 Å². The maximum Gasteiger partial charge on any atom is 0.231 e. The Bertz CT molecular complexity index is 719. The molecule has 3 N–H and O–H groups in total. The van der Waals surface area contributed by atoms with Gasteiger partial charge in [0.2, 0.25) is 5.91 Å². The van der Waals surface area contributed by atoms with E-state index in [-0.39, 0.29) is 29.5 Å². The number of nitrogen functional groups attached to an aromatic ring is 1. The zero-order valence-corrected chi connectivity index (χ0v) is 11.8. The van der Waals surface area contributed by atoms with E-state index in [0.717, 1.165) is 6.07 Å². The molecule has 1 aromatic carbocycles. The second-order valence-corrected chi connectivity index (χ2v) is 4.59. The van der Waals surface area contributed by atoms with Crippen molar-refractivity contribution in [3.8, 4) is 11.5 Å². The molecule has 0 saturated heterocycles. The number of pyridine rings is 1. The number of aromatic nitrogens is 1. The number of halogens is 1. The van der Waals surface area contributed by atoms with Crippen LogP contribution in [0.5, 0.6) is 11.5 Å². The summed E-state index contributed by atoms with van der Waals surface area (Å²) in [7, 11) is 0. The summed E-state index contributed by atoms with van der Waals surface area (Å²) in [5, 5.41) is 2.43. The Kier molecular flexibility index (Phi) is 4.67. The van der Waals surface area contributed by atoms with E-state index < -0.39 is 11.7 Å². The molecule has 2 aromatic rings. The molecular weight excluding hydrogens is 289 g/mol. The number of hydrogen-bond acceptors (Lipinski definition) is 5. The Balaban J connectivity index is 2.09. The lowest BCUT2D eigenvalue weighted by Crippen LogP contribution is -2.14. The smallest absolute Gasteiger partial charge is 0.231 e. The minimum atomic E-state index is -0.656. The van der Waals surface area contributed by atoms with Gasteiger partial charge in [0.05, 0.1) is 6.42 Å². The first-order valence-electron chi connectivity index (χ1n) is 6.42. The standard InChI is InChI=1S/C15H14FN3O3/c1-9(20)6-15(21)19-10-2-3-13(12(16)7-10)22-11-4-5-18-14(17)8-11/h2-5,7-8H,6H2,1H3,(H2,17,18)(H,19,21). The number of ketones is 1. The Morgan fingerprint density at radius 3 is 2.73 bits per heavy atom. The fourth-order valence-electron chi connectivity index (χ4n) is 1.71. The summed E-state index contributed by atoms with van der Waals surface area (Å²) in [5.74, 6) is -0.840. The summed E-state index contributed by atoms with van der Waals surface area (Å²) in [6.45, 7) is 1.30. The number of Topliss-reactive ketones (excluding diaryl/α,β-unsaturated/α-hetero) is 1. The van der Waals surface area contributed by atoms with Crippen LogP contribution >= 0.6 is 0 Å². The van der Waals surface area contributed by atoms with Gasteiger partial charge in [0.1, 0.15) is 17.4 Å². The SMILES string of the molecule is CC(=O)CC(=O)Nc1ccc(Oc2ccnc(N)c2)c(F)c1. The fourth-order valence-corrected chi connectivity index (χ4v) is 1.71. The predicted octanol–water partition coefficient (Wildman–Crippen LogP) is 2.51. The fraction of sp³-hybridized carbons (Fsp3) is 0.133. The molecule has 0 bridgehead atoms. The van der Waals surface area contributed by atoms with E-state index in [4.69, 9.17) is 10.5 Å². The Hall–Kier alpha value is -2.96. The molecule has 0 fully saturated rings. The minimum Gasteiger partial charge on any atom is -0.454 e. The van der Waals surface area contributed by atoms with E-state index in [2.05, 4.69) is 10.3 Å². The van der Waals surface area contributed by atoms with Gasteiger partial charge < -0.3 is 15.8 Å². The highest BCUT2D eigenvalue weighted by Gasteiger charge is 2.10. The summed E-state index contributed by atoms with van der Waals surface area (Å²) in [6, 6.07) is 6.95. The zero-order chi connectivity index (χ0) is 16.1. The van der Waals surface area contributed by atoms with Crippen LogP contribution in [0.15, 0.2) is 36.5 Å². The van der Waals surface area contributed by atoms with Crippen molar-refractivity contribution in [3.63, 3.8) is 0 Å². The number of rotatable bonds is 5. The van der Waals surface area contributed by atoms with E-state index in [0.29, 0.717) is 5.75 Å². The van der Waals surface area contributed by atoms with Crippen LogP contribution in [0.1, 0.15) is 13.3 Å². The van der Waals surface area contributed by atoms with Gasteiger partial charge >= 0.3 is 0 Å². The molecule has 1 aromatic heterocycles. The maximum absolute atomic E-state index is 14.0. The highest BCUT2D eigenvalue weighted by molar-refractivity contribution is 6.03. The largest absolute Gasteiger partial charge is 0.454 e. The van der Waals surface area contributed by atoms with Crippen molar-refractivity contribution < 1.29 is 18.7 Å². The Labute approximate surface area is 126 Å². The number of hydrogen-bond donors (Lipinski definition) is 2. The van der Waals surface area contributed by atoms with Crippen molar-refractivity contribution in [2.75, 3.05) is 11.1 Å². The number of nitrogens with zero attached hydrogens (tertiary/aromatic N) is 1. The summed E-state index contributed by atoms with van der Waals surface area (Å²) in [5.41, 5.74) is 5.75. The molecule has 1 amide bonds. The number of ether oxygens (including phenoxy) is 1. The number of amides is 1. The van der Waals surface area contributed by atoms with E-state index in [1.807, 2.05) is 0 Å². The molecular formula is C15H14FN3O3. The third-order valence-electron chi connectivity index (χ3n) is 2.61. The normalized spacial score (nSPS) is 10.1. The molecule has 7 heteroatoms. The quantitative estimate of drug-likeness (QED) is 0.828. The summed E-state index contributed by atoms with van der Waals surface area (Å²) >= 11 is 0. The summed E-state index contributed by atoms with van der Waals surface area (Å²) in [4.78, 5) is 26.1. The lowest BCUT2D eigenvalue weighted by atomic mass is 10.2. The topological polar surface area (TPSA) is 94.3 Å². The molecule has 0 spiro atoms. The maximum atomic E-state index is 14.0. The first-order chi connectivity index (χ1) is 10.4. The van der Waals surface area contributed by atoms with Gasteiger partial charge in [0.15, 0.2) is 11.6 Å². The van der Waals surface area contributed by atoms with Gasteiger partial charge in [-0.15, -0.1) is 0 Å². The average molecular weight is 303 g/mol. The van der Waals surface area contributed by atoms with Gasteiger partial charge in [-0.05, 0) is 25.1 Å². The number of nitrogens with one attached hydrogen (secondary N) is 1. The highest BCUT2D eigenvalue weighted by atomic mass is 19.1. The lowest BCUT2D eigenvalue weighted by molar-refractivity contribution is -0.124. The van der Waals surface area contributed by atoms with Crippen LogP contribution in [-0.4, -0.2) is 16.7 Å². The molecule has 6 nitrogen and oxygen atoms in total. The van der Waals surface area contributed by atoms with Crippen LogP contribution in [0, 0.1) is 5.82 Å². The molecule has 0 aliphatic heterocycles. The number of carbonyl (C=O) groups is 2. The average Bonchev–Trinajstić information content (AvgIpc) is 2.41. The second kappa shape index (κ2) is 6.66. The zero-order valence-electron chi connectivity index (χ0n) is 11.8. The molecule has 114 valence electrons. The van der Waals surface area contributed by atoms with Gasteiger partial charge in [-0.2, -0.15) is 0 Å². The molecule has 0 aliphatic carbocycles. The Morgan fingerprint density at radius 1 is 1.32 bits per heavy atom. The number of anilines is 2. The summed E-state index contributed by atoms with van der Waals surface area (Å²) in [6.07, 6.45) is 1.19. The molecule has 0 aliphatic rings. The van der Waals surface area contributed by atoms with Crippen LogP contribution in [0.4, 0.5) is 15.9 Å². The van der Waals surface area contributed by atoms with E-state index >= 15 is 0 Å². The van der Waals surface area contributed by atoms with Crippen LogP contribution in [-0.2, 0) is 9.59 Å². The first-order valence-corrected chi connectivity index (χ1v) is 6.42. The molecule has 0 saturated carbocycles. The predicted molar refractivity (Wildman–Crippen MR) is 79.1 cm³/mol. The third kappa shape index (κ3) is 4.27. The lowest BCUT2D eigenvalue weighted by Gasteiger charge is -2.09. The van der Waals surface area contributed by atoms with Crippen molar-refractivity contribution in [2.45, 2.75) is 13.3 Å². The van der Waals surface area contributed by atoms with Crippen LogP contribution in [0.3, 0.4) is 0 Å². The Morgan fingerprint density at radius 2 is 2.09 bits per heavy atom. The molecule has 0 radical (unpaired) electrons. The molecule has 0 atom stereocenters. The first kappa shape index (κ1) is 15.4. The number of carbonyl (C=O) groups excluding carboxylic acids is 2. The molecule has 2 rings (SSSR count). The van der Waals surface area contributed by atoms with Crippen molar-refractivity contribution in [3.05, 3.63) is 42.3 Å². The number of nitrogens with two attached hydrogens (primary N) is 1. The molecule has 22 heavy (non-hydrogen) atoms. The minimum absolute atomic E-state index is 0.0184. The molecule has 1 heterocycles. The van der Waals surface area contributed by atoms with Crippen LogP contribution in [0.25, 0.3) is 0 Å². The van der Waals surface area contributed by atoms with E-state index in [1.165, 1.54) is 31.3 Å².